The van der Waals surface area contributed by atoms with Crippen molar-refractivity contribution in [1.29, 1.82) is 0 Å². The van der Waals surface area contributed by atoms with Gasteiger partial charge in [0.15, 0.2) is 5.57 Å². The largest absolute Gasteiger partial charge is 0.497 e. The fourth-order valence-electron chi connectivity index (χ4n) is 3.20. The number of carbonyl (C=O) groups is 2. The second-order valence-corrected chi connectivity index (χ2v) is 6.68. The molecule has 6 heteroatoms. The molecular formula is C19H23NO5. The molecule has 0 bridgehead atoms. The summed E-state index contributed by atoms with van der Waals surface area (Å²) in [6.45, 7) is 4.67. The Kier molecular flexibility index (Phi) is 4.70. The average Bonchev–Trinajstić information content (AvgIpc) is 2.58. The number of piperidine rings is 1. The molecule has 0 unspecified atom stereocenters. The lowest BCUT2D eigenvalue weighted by Crippen LogP contribution is -2.43. The first-order valence-electron chi connectivity index (χ1n) is 8.51. The Bertz CT molecular complexity index is 677. The first-order chi connectivity index (χ1) is 11.9. The third-order valence-electron chi connectivity index (χ3n) is 4.36. The zero-order chi connectivity index (χ0) is 18.0. The minimum absolute atomic E-state index is 0.0357. The Morgan fingerprint density at radius 2 is 1.56 bits per heavy atom. The van der Waals surface area contributed by atoms with E-state index in [2.05, 4.69) is 4.90 Å². The van der Waals surface area contributed by atoms with Crippen LogP contribution in [0.1, 0.15) is 38.7 Å². The van der Waals surface area contributed by atoms with E-state index in [4.69, 9.17) is 14.2 Å². The van der Waals surface area contributed by atoms with Gasteiger partial charge in [-0.2, -0.15) is 0 Å². The monoisotopic (exact) mass is 345 g/mol. The van der Waals surface area contributed by atoms with Gasteiger partial charge in [0.05, 0.1) is 12.8 Å². The molecule has 6 nitrogen and oxygen atoms in total. The smallest absolute Gasteiger partial charge is 0.351 e. The van der Waals surface area contributed by atoms with Gasteiger partial charge < -0.3 is 19.1 Å². The second kappa shape index (κ2) is 6.78. The van der Waals surface area contributed by atoms with Crippen molar-refractivity contribution in [2.45, 2.75) is 38.9 Å². The highest BCUT2D eigenvalue weighted by Gasteiger charge is 2.42. The van der Waals surface area contributed by atoms with Gasteiger partial charge in [-0.05, 0) is 49.1 Å². The number of nitrogens with zero attached hydrogens (tertiary/aromatic N) is 1. The van der Waals surface area contributed by atoms with E-state index >= 15 is 0 Å². The van der Waals surface area contributed by atoms with E-state index in [1.807, 2.05) is 24.3 Å². The molecular weight excluding hydrogens is 322 g/mol. The summed E-state index contributed by atoms with van der Waals surface area (Å²) in [6.07, 6.45) is 3.18. The van der Waals surface area contributed by atoms with E-state index in [1.165, 1.54) is 0 Å². The molecule has 1 aromatic carbocycles. The van der Waals surface area contributed by atoms with Crippen molar-refractivity contribution < 1.29 is 23.8 Å². The lowest BCUT2D eigenvalue weighted by molar-refractivity contribution is -0.222. The first kappa shape index (κ1) is 17.3. The number of cyclic esters (lactones) is 2. The molecule has 0 radical (unpaired) electrons. The Morgan fingerprint density at radius 1 is 1.00 bits per heavy atom. The Labute approximate surface area is 147 Å². The van der Waals surface area contributed by atoms with Crippen molar-refractivity contribution >= 4 is 17.6 Å². The van der Waals surface area contributed by atoms with Crippen LogP contribution in [0.25, 0.3) is 5.70 Å². The van der Waals surface area contributed by atoms with Gasteiger partial charge in [0.2, 0.25) is 0 Å². The number of likely N-dealkylation sites (tertiary alicyclic amines) is 1. The van der Waals surface area contributed by atoms with Gasteiger partial charge in [0.1, 0.15) is 5.75 Å². The second-order valence-electron chi connectivity index (χ2n) is 6.68. The van der Waals surface area contributed by atoms with E-state index < -0.39 is 17.7 Å². The van der Waals surface area contributed by atoms with E-state index in [9.17, 15) is 9.59 Å². The molecule has 134 valence electrons. The Morgan fingerprint density at radius 3 is 2.08 bits per heavy atom. The quantitative estimate of drug-likeness (QED) is 0.477. The number of methoxy groups -OCH3 is 1. The lowest BCUT2D eigenvalue weighted by Gasteiger charge is -2.35. The summed E-state index contributed by atoms with van der Waals surface area (Å²) in [4.78, 5) is 27.2. The molecule has 2 aliphatic heterocycles. The van der Waals surface area contributed by atoms with E-state index in [0.717, 1.165) is 37.9 Å². The molecule has 0 amide bonds. The number of ether oxygens (including phenoxy) is 3. The molecule has 25 heavy (non-hydrogen) atoms. The van der Waals surface area contributed by atoms with Crippen LogP contribution in [0.15, 0.2) is 29.8 Å². The van der Waals surface area contributed by atoms with Gasteiger partial charge in [-0.25, -0.2) is 9.59 Å². The number of hydrogen-bond donors (Lipinski definition) is 0. The fourth-order valence-corrected chi connectivity index (χ4v) is 3.20. The van der Waals surface area contributed by atoms with Gasteiger partial charge in [0.25, 0.3) is 5.79 Å². The summed E-state index contributed by atoms with van der Waals surface area (Å²) in [7, 11) is 1.59. The van der Waals surface area contributed by atoms with Crippen LogP contribution in [-0.2, 0) is 19.1 Å². The minimum Gasteiger partial charge on any atom is -0.497 e. The predicted octanol–water partition coefficient (Wildman–Crippen LogP) is 2.73. The van der Waals surface area contributed by atoms with Crippen LogP contribution in [-0.4, -0.2) is 42.8 Å². The SMILES string of the molecule is COc1ccc(C(=C2C(=O)OC(C)(C)OC2=O)N2CCCCC2)cc1. The number of rotatable bonds is 3. The maximum atomic E-state index is 12.6. The van der Waals surface area contributed by atoms with Crippen molar-refractivity contribution in [1.82, 2.24) is 4.90 Å². The number of esters is 2. The van der Waals surface area contributed by atoms with Crippen molar-refractivity contribution in [3.8, 4) is 5.75 Å². The highest BCUT2D eigenvalue weighted by molar-refractivity contribution is 6.20. The molecule has 0 aliphatic carbocycles. The molecule has 2 aliphatic rings. The van der Waals surface area contributed by atoms with Crippen molar-refractivity contribution in [2.75, 3.05) is 20.2 Å². The van der Waals surface area contributed by atoms with Gasteiger partial charge in [-0.1, -0.05) is 0 Å². The summed E-state index contributed by atoms with van der Waals surface area (Å²) in [5.74, 6) is -1.82. The molecule has 0 aromatic heterocycles. The van der Waals surface area contributed by atoms with E-state index in [0.29, 0.717) is 11.4 Å². The molecule has 0 atom stereocenters. The molecule has 0 saturated carbocycles. The molecule has 2 heterocycles. The zero-order valence-electron chi connectivity index (χ0n) is 14.8. The third-order valence-corrected chi connectivity index (χ3v) is 4.36. The molecule has 2 saturated heterocycles. The maximum absolute atomic E-state index is 12.6. The van der Waals surface area contributed by atoms with Gasteiger partial charge in [0, 0.05) is 26.9 Å². The molecule has 0 N–H and O–H groups in total. The van der Waals surface area contributed by atoms with Crippen molar-refractivity contribution in [2.24, 2.45) is 0 Å². The van der Waals surface area contributed by atoms with Crippen molar-refractivity contribution in [3.05, 3.63) is 35.4 Å². The average molecular weight is 345 g/mol. The van der Waals surface area contributed by atoms with Crippen LogP contribution < -0.4 is 4.74 Å². The predicted molar refractivity (Wildman–Crippen MR) is 91.6 cm³/mol. The van der Waals surface area contributed by atoms with Crippen LogP contribution in [0.2, 0.25) is 0 Å². The summed E-state index contributed by atoms with van der Waals surface area (Å²) in [5, 5.41) is 0. The summed E-state index contributed by atoms with van der Waals surface area (Å²) in [5.41, 5.74) is 1.31. The highest BCUT2D eigenvalue weighted by Crippen LogP contribution is 2.33. The Balaban J connectivity index is 2.09. The van der Waals surface area contributed by atoms with Crippen LogP contribution in [0.5, 0.6) is 5.75 Å². The summed E-state index contributed by atoms with van der Waals surface area (Å²) in [6, 6.07) is 7.30. The van der Waals surface area contributed by atoms with E-state index in [-0.39, 0.29) is 5.57 Å². The van der Waals surface area contributed by atoms with Crippen molar-refractivity contribution in [3.63, 3.8) is 0 Å². The van der Waals surface area contributed by atoms with Crippen LogP contribution in [0.4, 0.5) is 0 Å². The molecule has 0 spiro atoms. The topological polar surface area (TPSA) is 65.1 Å². The number of carbonyl (C=O) groups excluding carboxylic acids is 2. The van der Waals surface area contributed by atoms with Gasteiger partial charge >= 0.3 is 11.9 Å². The number of benzene rings is 1. The summed E-state index contributed by atoms with van der Waals surface area (Å²) < 4.78 is 15.8. The Hall–Kier alpha value is -2.50. The van der Waals surface area contributed by atoms with Crippen LogP contribution >= 0.6 is 0 Å². The molecule has 2 fully saturated rings. The first-order valence-corrected chi connectivity index (χ1v) is 8.51. The minimum atomic E-state index is -1.25. The normalized spacial score (nSPS) is 20.0. The van der Waals surface area contributed by atoms with E-state index in [1.54, 1.807) is 21.0 Å². The highest BCUT2D eigenvalue weighted by atomic mass is 16.7. The summed E-state index contributed by atoms with van der Waals surface area (Å²) >= 11 is 0. The maximum Gasteiger partial charge on any atom is 0.351 e. The van der Waals surface area contributed by atoms with Gasteiger partial charge in [-0.3, -0.25) is 0 Å². The standard InChI is InChI=1S/C19H23NO5/c1-19(2)24-17(21)15(18(22)25-19)16(20-11-5-4-6-12-20)13-7-9-14(23-3)10-8-13/h7-10H,4-6,11-12H2,1-3H3. The van der Waals surface area contributed by atoms with Gasteiger partial charge in [-0.15, -0.1) is 0 Å². The lowest BCUT2D eigenvalue weighted by atomic mass is 10.0. The fraction of sp³-hybridized carbons (Fsp3) is 0.474. The number of hydrogen-bond acceptors (Lipinski definition) is 6. The molecule has 3 rings (SSSR count). The van der Waals surface area contributed by atoms with Crippen LogP contribution in [0.3, 0.4) is 0 Å². The zero-order valence-corrected chi connectivity index (χ0v) is 14.8. The van der Waals surface area contributed by atoms with Crippen LogP contribution in [0, 0.1) is 0 Å². The third kappa shape index (κ3) is 3.62. The molecule has 1 aromatic rings.